The minimum atomic E-state index is -0.333. The van der Waals surface area contributed by atoms with E-state index in [0.717, 1.165) is 16.7 Å². The van der Waals surface area contributed by atoms with Crippen LogP contribution in [0, 0.1) is 6.92 Å². The minimum Gasteiger partial charge on any atom is -0.338 e. The molecule has 0 aromatic carbocycles. The highest BCUT2D eigenvalue weighted by Crippen LogP contribution is 2.27. The predicted molar refractivity (Wildman–Crippen MR) is 114 cm³/mol. The maximum absolute atomic E-state index is 12.1. The molecule has 4 rings (SSSR count). The number of amides is 2. The van der Waals surface area contributed by atoms with Crippen molar-refractivity contribution >= 4 is 17.5 Å². The lowest BCUT2D eigenvalue weighted by Gasteiger charge is -2.09. The Kier molecular flexibility index (Phi) is 5.01. The van der Waals surface area contributed by atoms with Crippen LogP contribution in [0.25, 0.3) is 28.3 Å². The van der Waals surface area contributed by atoms with Crippen molar-refractivity contribution in [1.29, 1.82) is 0 Å². The molecule has 0 radical (unpaired) electrons. The number of aryl methyl sites for hydroxylation is 2. The maximum atomic E-state index is 12.1. The second-order valence-corrected chi connectivity index (χ2v) is 6.92. The largest absolute Gasteiger partial charge is 0.338 e. The number of carbonyl (C=O) groups is 1. The van der Waals surface area contributed by atoms with Gasteiger partial charge in [0, 0.05) is 38.2 Å². The molecule has 9 heteroatoms. The molecule has 0 saturated carbocycles. The van der Waals surface area contributed by atoms with Crippen LogP contribution in [0.3, 0.4) is 0 Å². The van der Waals surface area contributed by atoms with Crippen molar-refractivity contribution in [2.24, 2.45) is 7.05 Å². The van der Waals surface area contributed by atoms with Gasteiger partial charge in [-0.05, 0) is 48.7 Å². The minimum absolute atomic E-state index is 0.109. The van der Waals surface area contributed by atoms with Crippen LogP contribution >= 0.6 is 0 Å². The number of hydrogen-bond acceptors (Lipinski definition) is 5. The van der Waals surface area contributed by atoms with Crippen molar-refractivity contribution in [2.75, 3.05) is 11.9 Å². The first kappa shape index (κ1) is 19.3. The van der Waals surface area contributed by atoms with Gasteiger partial charge in [-0.3, -0.25) is 14.5 Å². The molecule has 9 nitrogen and oxygen atoms in total. The van der Waals surface area contributed by atoms with Gasteiger partial charge in [0.1, 0.15) is 5.65 Å². The summed E-state index contributed by atoms with van der Waals surface area (Å²) in [6.07, 6.45) is 6.92. The Balaban J connectivity index is 1.89. The summed E-state index contributed by atoms with van der Waals surface area (Å²) in [6.45, 7) is 4.27. The molecule has 4 aromatic rings. The van der Waals surface area contributed by atoms with E-state index in [1.165, 1.54) is 4.57 Å². The van der Waals surface area contributed by atoms with Crippen molar-refractivity contribution < 1.29 is 4.79 Å². The Morgan fingerprint density at radius 3 is 2.60 bits per heavy atom. The van der Waals surface area contributed by atoms with Gasteiger partial charge in [-0.15, -0.1) is 0 Å². The van der Waals surface area contributed by atoms with Gasteiger partial charge in [-0.2, -0.15) is 0 Å². The summed E-state index contributed by atoms with van der Waals surface area (Å²) in [5, 5.41) is 5.40. The van der Waals surface area contributed by atoms with E-state index in [4.69, 9.17) is 0 Å². The summed E-state index contributed by atoms with van der Waals surface area (Å²) in [5.41, 5.74) is 3.69. The zero-order valence-corrected chi connectivity index (χ0v) is 16.9. The molecule has 0 aliphatic heterocycles. The monoisotopic (exact) mass is 403 g/mol. The molecule has 0 unspecified atom stereocenters. The van der Waals surface area contributed by atoms with Gasteiger partial charge in [0.15, 0.2) is 11.6 Å². The number of pyridine rings is 2. The van der Waals surface area contributed by atoms with Crippen molar-refractivity contribution in [3.63, 3.8) is 0 Å². The van der Waals surface area contributed by atoms with Gasteiger partial charge in [0.25, 0.3) is 5.56 Å². The molecule has 0 atom stereocenters. The van der Waals surface area contributed by atoms with Gasteiger partial charge in [-0.1, -0.05) is 0 Å². The fraction of sp³-hybridized carbons (Fsp3) is 0.190. The normalized spacial score (nSPS) is 10.9. The number of aromatic nitrogens is 5. The van der Waals surface area contributed by atoms with E-state index < -0.39 is 0 Å². The lowest BCUT2D eigenvalue weighted by atomic mass is 10.1. The Bertz CT molecular complexity index is 1290. The van der Waals surface area contributed by atoms with E-state index in [1.54, 1.807) is 37.9 Å². The van der Waals surface area contributed by atoms with E-state index in [0.29, 0.717) is 29.5 Å². The van der Waals surface area contributed by atoms with Crippen molar-refractivity contribution in [2.45, 2.75) is 13.8 Å². The lowest BCUT2D eigenvalue weighted by molar-refractivity contribution is 0.252. The second kappa shape index (κ2) is 7.78. The van der Waals surface area contributed by atoms with E-state index in [-0.39, 0.29) is 11.6 Å². The lowest BCUT2D eigenvalue weighted by Crippen LogP contribution is -2.28. The van der Waals surface area contributed by atoms with Crippen LogP contribution in [-0.2, 0) is 7.05 Å². The molecule has 30 heavy (non-hydrogen) atoms. The maximum Gasteiger partial charge on any atom is 0.320 e. The first-order chi connectivity index (χ1) is 14.4. The average Bonchev–Trinajstić information content (AvgIpc) is 3.12. The summed E-state index contributed by atoms with van der Waals surface area (Å²) in [6, 6.07) is 6.87. The van der Waals surface area contributed by atoms with Crippen LogP contribution in [-0.4, -0.2) is 36.5 Å². The van der Waals surface area contributed by atoms with Gasteiger partial charge in [0.05, 0.1) is 11.9 Å². The summed E-state index contributed by atoms with van der Waals surface area (Å²) >= 11 is 0. The summed E-state index contributed by atoms with van der Waals surface area (Å²) in [7, 11) is 1.70. The molecule has 0 aliphatic rings. The molecule has 0 saturated heterocycles. The highest BCUT2D eigenvalue weighted by atomic mass is 16.2. The van der Waals surface area contributed by atoms with Crippen LogP contribution < -0.4 is 16.2 Å². The Labute approximate surface area is 172 Å². The molecule has 0 bridgehead atoms. The van der Waals surface area contributed by atoms with Gasteiger partial charge in [-0.25, -0.2) is 19.7 Å². The molecule has 152 valence electrons. The van der Waals surface area contributed by atoms with E-state index in [1.807, 2.05) is 36.4 Å². The third-order valence-corrected chi connectivity index (χ3v) is 4.60. The first-order valence-electron chi connectivity index (χ1n) is 9.48. The Morgan fingerprint density at radius 2 is 1.90 bits per heavy atom. The fourth-order valence-corrected chi connectivity index (χ4v) is 3.06. The predicted octanol–water partition coefficient (Wildman–Crippen LogP) is 2.61. The average molecular weight is 403 g/mol. The Morgan fingerprint density at radius 1 is 1.13 bits per heavy atom. The standard InChI is InChI=1S/C21H21N7O2/c1-4-22-21(30)26-17-12-28-16(20-23-10-13(2)11-24-20)7-15(8-18(28)25-17)14-5-6-27(3)19(29)9-14/h5-12H,4H2,1-3H3,(H2,22,26,30). The van der Waals surface area contributed by atoms with Crippen LogP contribution in [0.4, 0.5) is 10.6 Å². The zero-order chi connectivity index (χ0) is 21.3. The first-order valence-corrected chi connectivity index (χ1v) is 9.48. The molecule has 0 aliphatic carbocycles. The molecule has 0 fully saturated rings. The van der Waals surface area contributed by atoms with Crippen molar-refractivity contribution in [1.82, 2.24) is 29.2 Å². The number of anilines is 1. The quantitative estimate of drug-likeness (QED) is 0.545. The van der Waals surface area contributed by atoms with E-state index >= 15 is 0 Å². The molecule has 0 spiro atoms. The zero-order valence-electron chi connectivity index (χ0n) is 16.9. The molecular formula is C21H21N7O2. The number of nitrogens with zero attached hydrogens (tertiary/aromatic N) is 5. The number of rotatable bonds is 4. The number of urea groups is 1. The number of fused-ring (bicyclic) bond motifs is 1. The van der Waals surface area contributed by atoms with Crippen LogP contribution in [0.2, 0.25) is 0 Å². The van der Waals surface area contributed by atoms with Crippen molar-refractivity contribution in [3.8, 4) is 22.6 Å². The van der Waals surface area contributed by atoms with Gasteiger partial charge < -0.3 is 9.88 Å². The number of nitrogens with one attached hydrogen (secondary N) is 2. The second-order valence-electron chi connectivity index (χ2n) is 6.92. The third kappa shape index (κ3) is 3.77. The number of hydrogen-bond donors (Lipinski definition) is 2. The molecule has 4 heterocycles. The highest BCUT2D eigenvalue weighted by molar-refractivity contribution is 5.88. The molecule has 4 aromatic heterocycles. The third-order valence-electron chi connectivity index (χ3n) is 4.60. The number of carbonyl (C=O) groups excluding carboxylic acids is 1. The summed E-state index contributed by atoms with van der Waals surface area (Å²) < 4.78 is 3.33. The van der Waals surface area contributed by atoms with Gasteiger partial charge >= 0.3 is 6.03 Å². The SMILES string of the molecule is CCNC(=O)Nc1cn2c(-c3ncc(C)cn3)cc(-c3ccn(C)c(=O)c3)cc2n1. The van der Waals surface area contributed by atoms with Crippen LogP contribution in [0.5, 0.6) is 0 Å². The topological polar surface area (TPSA) is 106 Å². The Hall–Kier alpha value is -4.01. The van der Waals surface area contributed by atoms with Gasteiger partial charge in [0.2, 0.25) is 0 Å². The van der Waals surface area contributed by atoms with Crippen LogP contribution in [0.1, 0.15) is 12.5 Å². The summed E-state index contributed by atoms with van der Waals surface area (Å²) in [5.74, 6) is 0.911. The highest BCUT2D eigenvalue weighted by Gasteiger charge is 2.14. The van der Waals surface area contributed by atoms with Crippen LogP contribution in [0.15, 0.2) is 53.8 Å². The molecule has 2 N–H and O–H groups in total. The fourth-order valence-electron chi connectivity index (χ4n) is 3.06. The number of imidazole rings is 1. The molecule has 2 amide bonds. The summed E-state index contributed by atoms with van der Waals surface area (Å²) in [4.78, 5) is 37.4. The van der Waals surface area contributed by atoms with E-state index in [9.17, 15) is 9.59 Å². The molecular weight excluding hydrogens is 382 g/mol. The van der Waals surface area contributed by atoms with E-state index in [2.05, 4.69) is 25.6 Å². The smallest absolute Gasteiger partial charge is 0.320 e. The van der Waals surface area contributed by atoms with Crippen molar-refractivity contribution in [3.05, 3.63) is 65.0 Å².